The Kier molecular flexibility index (Phi) is 6.48. The van der Waals surface area contributed by atoms with E-state index in [1.54, 1.807) is 13.0 Å². The number of aliphatic hydroxyl groups excluding tert-OH is 1. The predicted octanol–water partition coefficient (Wildman–Crippen LogP) is 5.95. The molecule has 1 atom stereocenters. The number of aliphatic carboxylic acids is 1. The van der Waals surface area contributed by atoms with Gasteiger partial charge in [-0.2, -0.15) is 0 Å². The van der Waals surface area contributed by atoms with Gasteiger partial charge in [-0.1, -0.05) is 70.5 Å². The number of hydrogen-bond acceptors (Lipinski definition) is 6. The highest BCUT2D eigenvalue weighted by Gasteiger charge is 2.52. The number of carboxylic acid groups (broad SMARTS) is 1. The van der Waals surface area contributed by atoms with Gasteiger partial charge in [-0.3, -0.25) is 4.79 Å². The zero-order valence-corrected chi connectivity index (χ0v) is 22.1. The van der Waals surface area contributed by atoms with Crippen molar-refractivity contribution in [2.45, 2.75) is 37.8 Å². The third-order valence-corrected chi connectivity index (χ3v) is 7.82. The molecule has 0 aliphatic heterocycles. The van der Waals surface area contributed by atoms with Crippen molar-refractivity contribution in [2.75, 3.05) is 0 Å². The highest BCUT2D eigenvalue weighted by Crippen LogP contribution is 2.50. The lowest BCUT2D eigenvalue weighted by Gasteiger charge is -2.16. The maximum Gasteiger partial charge on any atom is 0.314 e. The summed E-state index contributed by atoms with van der Waals surface area (Å²) in [5.41, 5.74) is 3.32. The molecule has 0 saturated heterocycles. The van der Waals surface area contributed by atoms with Gasteiger partial charge in [-0.25, -0.2) is 9.07 Å². The van der Waals surface area contributed by atoms with Crippen LogP contribution in [0.2, 0.25) is 5.02 Å². The van der Waals surface area contributed by atoms with E-state index in [4.69, 9.17) is 16.1 Å². The summed E-state index contributed by atoms with van der Waals surface area (Å²) >= 11 is 6.17. The van der Waals surface area contributed by atoms with E-state index in [0.717, 1.165) is 11.1 Å². The van der Waals surface area contributed by atoms with Crippen LogP contribution in [0.15, 0.2) is 77.4 Å². The van der Waals surface area contributed by atoms with Gasteiger partial charge in [0.2, 0.25) is 0 Å². The Morgan fingerprint density at radius 2 is 1.90 bits per heavy atom. The minimum absolute atomic E-state index is 0.0260. The monoisotopic (exact) mass is 558 g/mol. The molecule has 0 amide bonds. The predicted molar refractivity (Wildman–Crippen MR) is 145 cm³/mol. The molecule has 1 aliphatic rings. The molecule has 1 saturated carbocycles. The molecule has 0 radical (unpaired) electrons. The second kappa shape index (κ2) is 10.0. The summed E-state index contributed by atoms with van der Waals surface area (Å²) in [5.74, 6) is -1.03. The zero-order valence-electron chi connectivity index (χ0n) is 21.4. The van der Waals surface area contributed by atoms with Crippen molar-refractivity contribution in [1.29, 1.82) is 0 Å². The van der Waals surface area contributed by atoms with Crippen molar-refractivity contribution in [2.24, 2.45) is 0 Å². The number of halogens is 2. The lowest BCUT2D eigenvalue weighted by molar-refractivity contribution is -0.140. The van der Waals surface area contributed by atoms with E-state index < -0.39 is 23.3 Å². The Balaban J connectivity index is 1.42. The van der Waals surface area contributed by atoms with Gasteiger partial charge in [0.05, 0.1) is 29.4 Å². The molecule has 0 bridgehead atoms. The summed E-state index contributed by atoms with van der Waals surface area (Å²) < 4.78 is 21.5. The molecule has 6 rings (SSSR count). The fraction of sp³-hybridized carbons (Fsp3) is 0.200. The van der Waals surface area contributed by atoms with Crippen LogP contribution in [0.3, 0.4) is 0 Å². The lowest BCUT2D eigenvalue weighted by atomic mass is 9.88. The number of nitrogens with zero attached hydrogens (tertiary/aromatic N) is 4. The average molecular weight is 559 g/mol. The molecule has 10 heteroatoms. The Bertz CT molecular complexity index is 1710. The van der Waals surface area contributed by atoms with E-state index in [1.165, 1.54) is 23.0 Å². The Hall–Kier alpha value is -4.34. The fourth-order valence-electron chi connectivity index (χ4n) is 5.05. The first-order chi connectivity index (χ1) is 19.3. The van der Waals surface area contributed by atoms with E-state index in [0.29, 0.717) is 41.0 Å². The summed E-state index contributed by atoms with van der Waals surface area (Å²) in [4.78, 5) is 12.1. The fourth-order valence-corrected chi connectivity index (χ4v) is 5.28. The topological polar surface area (TPSA) is 114 Å². The first-order valence-electron chi connectivity index (χ1n) is 12.7. The number of benzene rings is 3. The molecule has 1 fully saturated rings. The Labute approximate surface area is 233 Å². The van der Waals surface area contributed by atoms with E-state index in [1.807, 2.05) is 48.5 Å². The van der Waals surface area contributed by atoms with Crippen LogP contribution in [0.1, 0.15) is 47.0 Å². The second-order valence-corrected chi connectivity index (χ2v) is 10.4. The third kappa shape index (κ3) is 4.47. The first kappa shape index (κ1) is 25.9. The summed E-state index contributed by atoms with van der Waals surface area (Å²) in [5, 5.41) is 34.0. The number of hydrogen-bond donors (Lipinski definition) is 2. The van der Waals surface area contributed by atoms with Gasteiger partial charge in [0.25, 0.3) is 0 Å². The molecule has 202 valence electrons. The van der Waals surface area contributed by atoms with Crippen LogP contribution in [0.5, 0.6) is 0 Å². The largest absolute Gasteiger partial charge is 0.481 e. The maximum absolute atomic E-state index is 14.3. The van der Waals surface area contributed by atoms with Crippen LogP contribution in [0.4, 0.5) is 4.39 Å². The van der Waals surface area contributed by atoms with Crippen molar-refractivity contribution in [1.82, 2.24) is 20.2 Å². The van der Waals surface area contributed by atoms with Crippen molar-refractivity contribution in [3.63, 3.8) is 0 Å². The molecule has 2 N–H and O–H groups in total. The normalized spacial score (nSPS) is 14.7. The van der Waals surface area contributed by atoms with Crippen LogP contribution >= 0.6 is 11.6 Å². The number of carbonyl (C=O) groups is 1. The van der Waals surface area contributed by atoms with Gasteiger partial charge in [-0.15, -0.1) is 5.10 Å². The summed E-state index contributed by atoms with van der Waals surface area (Å²) in [6, 6.07) is 19.6. The van der Waals surface area contributed by atoms with E-state index in [-0.39, 0.29) is 22.8 Å². The molecule has 40 heavy (non-hydrogen) atoms. The van der Waals surface area contributed by atoms with Gasteiger partial charge in [0, 0.05) is 16.1 Å². The Morgan fingerprint density at radius 1 is 1.12 bits per heavy atom. The second-order valence-electron chi connectivity index (χ2n) is 9.97. The number of aryl methyl sites for hydroxylation is 1. The lowest BCUT2D eigenvalue weighted by Crippen LogP contribution is -2.19. The summed E-state index contributed by atoms with van der Waals surface area (Å²) in [6.45, 7) is 1.74. The molecular formula is C30H24ClFN4O4. The van der Waals surface area contributed by atoms with Gasteiger partial charge in [0.15, 0.2) is 5.76 Å². The standard InChI is InChI=1S/C30H24ClFN4O4/c1-17-26(27(37)25-16-36(35-33-25)15-22-23(31)8-5-9-24(22)32)28(40-34-17)21-14-19(30(12-13-30)29(38)39)10-11-20(21)18-6-3-2-4-7-18/h2-11,14,16,27,37H,12-13,15H2,1H3,(H,38,39). The summed E-state index contributed by atoms with van der Waals surface area (Å²) in [7, 11) is 0. The highest BCUT2D eigenvalue weighted by molar-refractivity contribution is 6.31. The number of rotatable bonds is 8. The third-order valence-electron chi connectivity index (χ3n) is 7.46. The maximum atomic E-state index is 14.3. The van der Waals surface area contributed by atoms with Crippen LogP contribution in [-0.2, 0) is 16.8 Å². The summed E-state index contributed by atoms with van der Waals surface area (Å²) in [6.07, 6.45) is 1.34. The molecule has 5 aromatic rings. The van der Waals surface area contributed by atoms with Crippen molar-refractivity contribution >= 4 is 17.6 Å². The molecule has 1 unspecified atom stereocenters. The molecular weight excluding hydrogens is 535 g/mol. The average Bonchev–Trinajstić information content (AvgIpc) is 3.50. The molecule has 1 aliphatic carbocycles. The first-order valence-corrected chi connectivity index (χ1v) is 13.1. The van der Waals surface area contributed by atoms with Gasteiger partial charge >= 0.3 is 5.97 Å². The highest BCUT2D eigenvalue weighted by atomic mass is 35.5. The zero-order chi connectivity index (χ0) is 28.0. The molecule has 0 spiro atoms. The minimum atomic E-state index is -1.27. The van der Waals surface area contributed by atoms with E-state index in [9.17, 15) is 19.4 Å². The smallest absolute Gasteiger partial charge is 0.314 e. The molecule has 3 aromatic carbocycles. The van der Waals surface area contributed by atoms with Gasteiger partial charge < -0.3 is 14.7 Å². The number of carboxylic acids is 1. The number of aromatic nitrogens is 4. The van der Waals surface area contributed by atoms with Crippen molar-refractivity contribution in [3.05, 3.63) is 112 Å². The van der Waals surface area contributed by atoms with E-state index in [2.05, 4.69) is 15.5 Å². The molecule has 8 nitrogen and oxygen atoms in total. The van der Waals surface area contributed by atoms with Crippen LogP contribution < -0.4 is 0 Å². The van der Waals surface area contributed by atoms with Gasteiger partial charge in [0.1, 0.15) is 17.6 Å². The SMILES string of the molecule is Cc1noc(-c2cc(C3(C(=O)O)CC3)ccc2-c2ccccc2)c1C(O)c1cn(Cc2c(F)cccc2Cl)nn1. The number of aliphatic hydroxyl groups is 1. The quantitative estimate of drug-likeness (QED) is 0.242. The van der Waals surface area contributed by atoms with Crippen LogP contribution in [-0.4, -0.2) is 36.3 Å². The van der Waals surface area contributed by atoms with Gasteiger partial charge in [-0.05, 0) is 54.7 Å². The minimum Gasteiger partial charge on any atom is -0.481 e. The molecule has 2 aromatic heterocycles. The molecule has 2 heterocycles. The van der Waals surface area contributed by atoms with Crippen LogP contribution in [0.25, 0.3) is 22.5 Å². The van der Waals surface area contributed by atoms with Crippen molar-refractivity contribution < 1.29 is 23.9 Å². The van der Waals surface area contributed by atoms with Crippen molar-refractivity contribution in [3.8, 4) is 22.5 Å². The Morgan fingerprint density at radius 3 is 2.60 bits per heavy atom. The van der Waals surface area contributed by atoms with Crippen LogP contribution in [0, 0.1) is 12.7 Å². The van der Waals surface area contributed by atoms with E-state index >= 15 is 0 Å².